The van der Waals surface area contributed by atoms with Crippen LogP contribution in [0.1, 0.15) is 12.6 Å². The lowest BCUT2D eigenvalue weighted by atomic mass is 10.3. The van der Waals surface area contributed by atoms with Crippen LogP contribution in [0.25, 0.3) is 11.2 Å². The largest absolute Gasteiger partial charge is 0.354 e. The van der Waals surface area contributed by atoms with E-state index >= 15 is 0 Å². The Morgan fingerprint density at radius 3 is 2.53 bits per heavy atom. The molecule has 34 heavy (non-hydrogen) atoms. The fourth-order valence-corrected chi connectivity index (χ4v) is 6.58. The summed E-state index contributed by atoms with van der Waals surface area (Å²) in [6, 6.07) is 5.78. The molecule has 0 amide bonds. The Bertz CT molecular complexity index is 1370. The van der Waals surface area contributed by atoms with Crippen LogP contribution in [-0.2, 0) is 22.1 Å². The quantitative estimate of drug-likeness (QED) is 0.172. The molecule has 4 rings (SSSR count). The first-order valence-electron chi connectivity index (χ1n) is 10.3. The minimum absolute atomic E-state index is 0.0503. The molecular formula is C19H24N8O5P2. The number of benzene rings is 1. The molecule has 0 saturated carbocycles. The van der Waals surface area contributed by atoms with Gasteiger partial charge in [-0.1, -0.05) is 0 Å². The molecule has 3 heterocycles. The molecule has 4 aromatic rings. The predicted molar refractivity (Wildman–Crippen MR) is 128 cm³/mol. The van der Waals surface area contributed by atoms with E-state index in [4.69, 9.17) is 9.79 Å². The second-order valence-corrected chi connectivity index (χ2v) is 11.9. The smallest absolute Gasteiger partial charge is 0.335 e. The van der Waals surface area contributed by atoms with Crippen molar-refractivity contribution in [1.82, 2.24) is 29.5 Å². The van der Waals surface area contributed by atoms with Crippen molar-refractivity contribution in [3.63, 3.8) is 0 Å². The van der Waals surface area contributed by atoms with E-state index in [-0.39, 0.29) is 5.30 Å². The third kappa shape index (κ3) is 5.69. The summed E-state index contributed by atoms with van der Waals surface area (Å²) in [5, 5.41) is 6.30. The van der Waals surface area contributed by atoms with Crippen LogP contribution >= 0.6 is 15.0 Å². The molecule has 3 aromatic heterocycles. The van der Waals surface area contributed by atoms with Crippen molar-refractivity contribution >= 4 is 48.9 Å². The zero-order valence-corrected chi connectivity index (χ0v) is 19.9. The van der Waals surface area contributed by atoms with Crippen molar-refractivity contribution in [2.75, 3.05) is 23.1 Å². The summed E-state index contributed by atoms with van der Waals surface area (Å²) in [4.78, 5) is 48.7. The third-order valence-corrected chi connectivity index (χ3v) is 9.06. The first-order chi connectivity index (χ1) is 16.1. The number of H-pyrrole nitrogens is 1. The van der Waals surface area contributed by atoms with Gasteiger partial charge < -0.3 is 34.9 Å². The number of aryl methyl sites for hydroxylation is 1. The van der Waals surface area contributed by atoms with Crippen molar-refractivity contribution in [3.05, 3.63) is 48.8 Å². The van der Waals surface area contributed by atoms with Gasteiger partial charge in [0.2, 0.25) is 13.3 Å². The molecule has 0 spiro atoms. The average molecular weight is 506 g/mol. The van der Waals surface area contributed by atoms with E-state index in [0.29, 0.717) is 48.1 Å². The topological polar surface area (TPSA) is 191 Å². The van der Waals surface area contributed by atoms with Crippen molar-refractivity contribution in [1.29, 1.82) is 0 Å². The Hall–Kier alpha value is -3.08. The molecule has 0 aliphatic carbocycles. The standard InChI is InChI=1S/C19H24N8O5P2/c1-2-27-11-23-16-17(25-19(26-18(16)27)21-8-7-14-9-20-10-22-14)24-13-3-5-15(6-4-13)33(28,29)12-34(30,31)32/h3-6,9-11H,2,7-8,12H2,1H3,(H,20,22)(H,28,29)(H2,30,31,32)(H2,21,24,25,26). The zero-order valence-electron chi connectivity index (χ0n) is 18.2. The van der Waals surface area contributed by atoms with Gasteiger partial charge in [0, 0.05) is 42.4 Å². The molecule has 1 aromatic carbocycles. The van der Waals surface area contributed by atoms with Crippen molar-refractivity contribution in [2.45, 2.75) is 19.9 Å². The lowest BCUT2D eigenvalue weighted by molar-refractivity contribution is 0.376. The summed E-state index contributed by atoms with van der Waals surface area (Å²) in [5.74, 6) is -0.263. The van der Waals surface area contributed by atoms with Gasteiger partial charge in [0.1, 0.15) is 5.90 Å². The van der Waals surface area contributed by atoms with Crippen LogP contribution in [-0.4, -0.2) is 56.6 Å². The number of fused-ring (bicyclic) bond motifs is 1. The zero-order chi connectivity index (χ0) is 24.3. The number of rotatable bonds is 10. The summed E-state index contributed by atoms with van der Waals surface area (Å²) in [6.45, 7) is 3.22. The van der Waals surface area contributed by atoms with Gasteiger partial charge in [-0.25, -0.2) is 9.97 Å². The molecule has 0 radical (unpaired) electrons. The number of nitrogens with zero attached hydrogens (tertiary/aromatic N) is 5. The highest BCUT2D eigenvalue weighted by molar-refractivity contribution is 7.77. The van der Waals surface area contributed by atoms with E-state index in [9.17, 15) is 14.0 Å². The minimum atomic E-state index is -4.65. The Kier molecular flexibility index (Phi) is 6.83. The van der Waals surface area contributed by atoms with Crippen LogP contribution in [0.15, 0.2) is 43.1 Å². The van der Waals surface area contributed by atoms with Crippen LogP contribution in [0, 0.1) is 0 Å². The van der Waals surface area contributed by atoms with E-state index < -0.39 is 20.9 Å². The average Bonchev–Trinajstić information content (AvgIpc) is 3.42. The van der Waals surface area contributed by atoms with Crippen molar-refractivity contribution in [3.8, 4) is 0 Å². The van der Waals surface area contributed by atoms with Crippen molar-refractivity contribution in [2.24, 2.45) is 0 Å². The summed E-state index contributed by atoms with van der Waals surface area (Å²) < 4.78 is 25.4. The number of hydrogen-bond acceptors (Lipinski definition) is 8. The van der Waals surface area contributed by atoms with Crippen LogP contribution < -0.4 is 15.9 Å². The van der Waals surface area contributed by atoms with Gasteiger partial charge in [-0.2, -0.15) is 9.97 Å². The van der Waals surface area contributed by atoms with Gasteiger partial charge in [0.25, 0.3) is 0 Å². The highest BCUT2D eigenvalue weighted by atomic mass is 31.2. The molecule has 0 aliphatic heterocycles. The Morgan fingerprint density at radius 1 is 1.12 bits per heavy atom. The molecule has 1 unspecified atom stereocenters. The van der Waals surface area contributed by atoms with E-state index in [0.717, 1.165) is 5.69 Å². The monoisotopic (exact) mass is 506 g/mol. The highest BCUT2D eigenvalue weighted by Gasteiger charge is 2.31. The van der Waals surface area contributed by atoms with E-state index in [1.54, 1.807) is 18.9 Å². The molecule has 0 aliphatic rings. The number of nitrogens with one attached hydrogen (secondary N) is 3. The van der Waals surface area contributed by atoms with Crippen LogP contribution in [0.4, 0.5) is 17.5 Å². The van der Waals surface area contributed by atoms with Gasteiger partial charge in [-0.05, 0) is 31.2 Å². The lowest BCUT2D eigenvalue weighted by Crippen LogP contribution is -2.11. The first-order valence-corrected chi connectivity index (χ1v) is 14.0. The Labute approximate surface area is 194 Å². The molecule has 0 fully saturated rings. The number of hydrogen-bond donors (Lipinski definition) is 6. The molecule has 0 bridgehead atoms. The summed E-state index contributed by atoms with van der Waals surface area (Å²) >= 11 is 0. The van der Waals surface area contributed by atoms with Crippen molar-refractivity contribution < 1.29 is 23.8 Å². The van der Waals surface area contributed by atoms with Gasteiger partial charge in [-0.15, -0.1) is 0 Å². The summed E-state index contributed by atoms with van der Waals surface area (Å²) in [5.41, 5.74) is 2.72. The number of aromatic amines is 1. The maximum Gasteiger partial charge on any atom is 0.335 e. The molecule has 15 heteroatoms. The maximum absolute atomic E-state index is 12.3. The Balaban J connectivity index is 1.57. The fraction of sp³-hybridized carbons (Fsp3) is 0.263. The first kappa shape index (κ1) is 24.1. The second-order valence-electron chi connectivity index (χ2n) is 7.53. The van der Waals surface area contributed by atoms with Crippen LogP contribution in [0.2, 0.25) is 0 Å². The van der Waals surface area contributed by atoms with Gasteiger partial charge in [-0.3, -0.25) is 9.13 Å². The SMILES string of the molecule is CCn1cnc2c(Nc3ccc(P(=O)(O)CP(=O)(O)O)cc3)nc(NCCc3cnc[nH]3)nc21. The molecule has 180 valence electrons. The molecule has 0 saturated heterocycles. The third-order valence-electron chi connectivity index (χ3n) is 4.95. The minimum Gasteiger partial charge on any atom is -0.354 e. The summed E-state index contributed by atoms with van der Waals surface area (Å²) in [6.07, 6.45) is 5.74. The number of imidazole rings is 2. The fourth-order valence-electron chi connectivity index (χ4n) is 3.32. The molecule has 6 N–H and O–H groups in total. The van der Waals surface area contributed by atoms with E-state index in [1.807, 2.05) is 11.5 Å². The van der Waals surface area contributed by atoms with E-state index in [2.05, 4.69) is 35.6 Å². The predicted octanol–water partition coefficient (Wildman–Crippen LogP) is 2.00. The lowest BCUT2D eigenvalue weighted by Gasteiger charge is -2.14. The normalized spacial score (nSPS) is 13.6. The van der Waals surface area contributed by atoms with Gasteiger partial charge in [0.15, 0.2) is 17.0 Å². The summed E-state index contributed by atoms with van der Waals surface area (Å²) in [7, 11) is -8.85. The maximum atomic E-state index is 12.3. The number of aromatic nitrogens is 6. The second kappa shape index (κ2) is 9.65. The molecule has 1 atom stereocenters. The molecular weight excluding hydrogens is 482 g/mol. The van der Waals surface area contributed by atoms with E-state index in [1.165, 1.54) is 24.3 Å². The van der Waals surface area contributed by atoms with Gasteiger partial charge in [0.05, 0.1) is 12.7 Å². The number of anilines is 3. The van der Waals surface area contributed by atoms with Gasteiger partial charge >= 0.3 is 7.60 Å². The van der Waals surface area contributed by atoms with Crippen LogP contribution in [0.3, 0.4) is 0 Å². The highest BCUT2D eigenvalue weighted by Crippen LogP contribution is 2.53. The molecule has 13 nitrogen and oxygen atoms in total. The Morgan fingerprint density at radius 2 is 1.88 bits per heavy atom. The van der Waals surface area contributed by atoms with Crippen LogP contribution in [0.5, 0.6) is 0 Å².